The van der Waals surface area contributed by atoms with Crippen LogP contribution in [0.4, 0.5) is 0 Å². The monoisotopic (exact) mass is 203 g/mol. The summed E-state index contributed by atoms with van der Waals surface area (Å²) in [4.78, 5) is 4.49. The normalized spacial score (nSPS) is 11.5. The topological polar surface area (TPSA) is 26.0 Å². The van der Waals surface area contributed by atoms with Crippen LogP contribution in [-0.4, -0.2) is 4.98 Å². The highest BCUT2D eigenvalue weighted by Crippen LogP contribution is 2.22. The van der Waals surface area contributed by atoms with Crippen molar-refractivity contribution in [3.63, 3.8) is 0 Å². The molecule has 0 saturated heterocycles. The molecule has 0 fully saturated rings. The fourth-order valence-corrected chi connectivity index (χ4v) is 1.68. The Morgan fingerprint density at radius 1 is 1.33 bits per heavy atom. The molecule has 0 N–H and O–H groups in total. The van der Waals surface area contributed by atoms with Crippen LogP contribution in [0.5, 0.6) is 0 Å². The van der Waals surface area contributed by atoms with E-state index in [1.807, 2.05) is 6.07 Å². The summed E-state index contributed by atoms with van der Waals surface area (Å²) in [6.45, 7) is 6.38. The molecular formula is C13H17NO. The maximum absolute atomic E-state index is 5.65. The lowest BCUT2D eigenvalue weighted by Gasteiger charge is -1.95. The molecule has 0 aliphatic rings. The quantitative estimate of drug-likeness (QED) is 0.756. The molecule has 80 valence electrons. The summed E-state index contributed by atoms with van der Waals surface area (Å²) in [5.74, 6) is 1.19. The SMILES string of the molecule is CCCc1ccc2oc(C(C)C)nc2c1. The zero-order valence-corrected chi connectivity index (χ0v) is 9.58. The van der Waals surface area contributed by atoms with Gasteiger partial charge in [-0.3, -0.25) is 0 Å². The number of fused-ring (bicyclic) bond motifs is 1. The minimum Gasteiger partial charge on any atom is -0.440 e. The lowest BCUT2D eigenvalue weighted by Crippen LogP contribution is -1.85. The van der Waals surface area contributed by atoms with Crippen molar-refractivity contribution in [3.05, 3.63) is 29.7 Å². The van der Waals surface area contributed by atoms with Gasteiger partial charge in [0.25, 0.3) is 0 Å². The van der Waals surface area contributed by atoms with Gasteiger partial charge in [0.1, 0.15) is 5.52 Å². The highest BCUT2D eigenvalue weighted by molar-refractivity contribution is 5.73. The molecule has 0 atom stereocenters. The number of aryl methyl sites for hydroxylation is 1. The van der Waals surface area contributed by atoms with Crippen molar-refractivity contribution in [1.29, 1.82) is 0 Å². The molecule has 1 heterocycles. The highest BCUT2D eigenvalue weighted by Gasteiger charge is 2.09. The Balaban J connectivity index is 2.43. The van der Waals surface area contributed by atoms with Gasteiger partial charge in [0, 0.05) is 5.92 Å². The van der Waals surface area contributed by atoms with Crippen molar-refractivity contribution in [2.75, 3.05) is 0 Å². The van der Waals surface area contributed by atoms with Gasteiger partial charge >= 0.3 is 0 Å². The van der Waals surface area contributed by atoms with E-state index in [0.717, 1.165) is 23.4 Å². The van der Waals surface area contributed by atoms with Crippen LogP contribution in [0.1, 0.15) is 44.6 Å². The molecular weight excluding hydrogens is 186 g/mol. The zero-order chi connectivity index (χ0) is 10.8. The predicted octanol–water partition coefficient (Wildman–Crippen LogP) is 3.90. The van der Waals surface area contributed by atoms with Crippen molar-refractivity contribution in [1.82, 2.24) is 4.98 Å². The van der Waals surface area contributed by atoms with Crippen LogP contribution in [0.15, 0.2) is 22.6 Å². The minimum atomic E-state index is 0.354. The van der Waals surface area contributed by atoms with E-state index in [4.69, 9.17) is 4.42 Å². The average molecular weight is 203 g/mol. The summed E-state index contributed by atoms with van der Waals surface area (Å²) >= 11 is 0. The standard InChI is InChI=1S/C13H17NO/c1-4-5-10-6-7-12-11(8-10)14-13(15-12)9(2)3/h6-9H,4-5H2,1-3H3. The molecule has 15 heavy (non-hydrogen) atoms. The number of aromatic nitrogens is 1. The smallest absolute Gasteiger partial charge is 0.198 e. The molecule has 0 amide bonds. The first-order chi connectivity index (χ1) is 7.20. The summed E-state index contributed by atoms with van der Waals surface area (Å²) < 4.78 is 5.65. The highest BCUT2D eigenvalue weighted by atomic mass is 16.3. The van der Waals surface area contributed by atoms with Crippen molar-refractivity contribution in [2.24, 2.45) is 0 Å². The number of benzene rings is 1. The number of oxazole rings is 1. The molecule has 2 rings (SSSR count). The molecule has 0 unspecified atom stereocenters. The average Bonchev–Trinajstić information content (AvgIpc) is 2.61. The molecule has 0 radical (unpaired) electrons. The van der Waals surface area contributed by atoms with E-state index in [2.05, 4.69) is 37.9 Å². The molecule has 2 aromatic rings. The molecule has 1 aromatic carbocycles. The van der Waals surface area contributed by atoms with E-state index in [1.54, 1.807) is 0 Å². The van der Waals surface area contributed by atoms with E-state index < -0.39 is 0 Å². The minimum absolute atomic E-state index is 0.354. The van der Waals surface area contributed by atoms with Crippen LogP contribution in [-0.2, 0) is 6.42 Å². The second-order valence-electron chi connectivity index (χ2n) is 4.26. The van der Waals surface area contributed by atoms with Crippen LogP contribution in [0.25, 0.3) is 11.1 Å². The first-order valence-corrected chi connectivity index (χ1v) is 5.60. The van der Waals surface area contributed by atoms with E-state index in [9.17, 15) is 0 Å². The first kappa shape index (κ1) is 10.2. The zero-order valence-electron chi connectivity index (χ0n) is 9.58. The maximum Gasteiger partial charge on any atom is 0.198 e. The Morgan fingerprint density at radius 2 is 2.13 bits per heavy atom. The van der Waals surface area contributed by atoms with E-state index >= 15 is 0 Å². The van der Waals surface area contributed by atoms with Crippen LogP contribution < -0.4 is 0 Å². The number of nitrogens with zero attached hydrogens (tertiary/aromatic N) is 1. The van der Waals surface area contributed by atoms with Gasteiger partial charge < -0.3 is 4.42 Å². The molecule has 0 aliphatic carbocycles. The molecule has 0 spiro atoms. The van der Waals surface area contributed by atoms with Crippen LogP contribution >= 0.6 is 0 Å². The van der Waals surface area contributed by atoms with E-state index in [1.165, 1.54) is 12.0 Å². The molecule has 2 nitrogen and oxygen atoms in total. The van der Waals surface area contributed by atoms with Crippen LogP contribution in [0.3, 0.4) is 0 Å². The second-order valence-corrected chi connectivity index (χ2v) is 4.26. The van der Waals surface area contributed by atoms with Gasteiger partial charge in [-0.2, -0.15) is 0 Å². The Kier molecular flexibility index (Phi) is 2.76. The van der Waals surface area contributed by atoms with Gasteiger partial charge in [-0.05, 0) is 24.1 Å². The summed E-state index contributed by atoms with van der Waals surface area (Å²) in [7, 11) is 0. The van der Waals surface area contributed by atoms with Gasteiger partial charge in [-0.25, -0.2) is 4.98 Å². The van der Waals surface area contributed by atoms with Crippen molar-refractivity contribution in [3.8, 4) is 0 Å². The number of rotatable bonds is 3. The second kappa shape index (κ2) is 4.05. The van der Waals surface area contributed by atoms with Gasteiger partial charge in [0.2, 0.25) is 0 Å². The van der Waals surface area contributed by atoms with Crippen LogP contribution in [0, 0.1) is 0 Å². The molecule has 0 bridgehead atoms. The lowest BCUT2D eigenvalue weighted by atomic mass is 10.1. The van der Waals surface area contributed by atoms with Gasteiger partial charge in [0.05, 0.1) is 0 Å². The molecule has 0 saturated carbocycles. The Labute approximate surface area is 90.3 Å². The van der Waals surface area contributed by atoms with E-state index in [0.29, 0.717) is 5.92 Å². The third-order valence-corrected chi connectivity index (χ3v) is 2.50. The summed E-state index contributed by atoms with van der Waals surface area (Å²) in [5.41, 5.74) is 3.23. The predicted molar refractivity (Wildman–Crippen MR) is 62.1 cm³/mol. The van der Waals surface area contributed by atoms with Crippen molar-refractivity contribution < 1.29 is 4.42 Å². The molecule has 0 aliphatic heterocycles. The third kappa shape index (κ3) is 2.04. The Bertz CT molecular complexity index is 457. The van der Waals surface area contributed by atoms with Gasteiger partial charge in [-0.15, -0.1) is 0 Å². The van der Waals surface area contributed by atoms with E-state index in [-0.39, 0.29) is 0 Å². The van der Waals surface area contributed by atoms with Crippen LogP contribution in [0.2, 0.25) is 0 Å². The molecule has 1 aromatic heterocycles. The lowest BCUT2D eigenvalue weighted by molar-refractivity contribution is 0.501. The summed E-state index contributed by atoms with van der Waals surface area (Å²) in [6.07, 6.45) is 2.28. The number of hydrogen-bond acceptors (Lipinski definition) is 2. The summed E-state index contributed by atoms with van der Waals surface area (Å²) in [6, 6.07) is 6.29. The van der Waals surface area contributed by atoms with Crippen molar-refractivity contribution >= 4 is 11.1 Å². The van der Waals surface area contributed by atoms with Gasteiger partial charge in [-0.1, -0.05) is 33.3 Å². The molecule has 2 heteroatoms. The largest absolute Gasteiger partial charge is 0.440 e. The fraction of sp³-hybridized carbons (Fsp3) is 0.462. The fourth-order valence-electron chi connectivity index (χ4n) is 1.68. The Hall–Kier alpha value is -1.31. The van der Waals surface area contributed by atoms with Crippen molar-refractivity contribution in [2.45, 2.75) is 39.5 Å². The van der Waals surface area contributed by atoms with Gasteiger partial charge in [0.15, 0.2) is 11.5 Å². The third-order valence-electron chi connectivity index (χ3n) is 2.50. The maximum atomic E-state index is 5.65. The number of hydrogen-bond donors (Lipinski definition) is 0. The Morgan fingerprint density at radius 3 is 2.80 bits per heavy atom. The summed E-state index contributed by atoms with van der Waals surface area (Å²) in [5, 5.41) is 0. The first-order valence-electron chi connectivity index (χ1n) is 5.60.